The maximum atomic E-state index is 11.9. The molecule has 7 nitrogen and oxygen atoms in total. The number of hydrogen-bond acceptors (Lipinski definition) is 5. The Morgan fingerprint density at radius 2 is 2.09 bits per heavy atom. The van der Waals surface area contributed by atoms with Crippen LogP contribution in [0.25, 0.3) is 0 Å². The fourth-order valence-electron chi connectivity index (χ4n) is 2.16. The van der Waals surface area contributed by atoms with Crippen LogP contribution in [0.1, 0.15) is 18.5 Å². The summed E-state index contributed by atoms with van der Waals surface area (Å²) in [5.74, 6) is 0.633. The van der Waals surface area contributed by atoms with Gasteiger partial charge in [-0.25, -0.2) is 4.98 Å². The van der Waals surface area contributed by atoms with Crippen molar-refractivity contribution in [3.8, 4) is 0 Å². The van der Waals surface area contributed by atoms with Crippen molar-refractivity contribution in [2.75, 3.05) is 39.1 Å². The van der Waals surface area contributed by atoms with Crippen molar-refractivity contribution in [2.45, 2.75) is 19.4 Å². The van der Waals surface area contributed by atoms with E-state index in [4.69, 9.17) is 11.6 Å². The van der Waals surface area contributed by atoms with E-state index < -0.39 is 0 Å². The number of hydrogen-bond donors (Lipinski definition) is 1. The second kappa shape index (κ2) is 7.61. The highest BCUT2D eigenvalue weighted by molar-refractivity contribution is 6.30. The van der Waals surface area contributed by atoms with E-state index in [9.17, 15) is 4.79 Å². The van der Waals surface area contributed by atoms with Crippen LogP contribution in [-0.4, -0.2) is 58.9 Å². The molecular formula is C15H23ClN6O. The van der Waals surface area contributed by atoms with Gasteiger partial charge in [0, 0.05) is 44.9 Å². The molecule has 0 saturated heterocycles. The van der Waals surface area contributed by atoms with Crippen LogP contribution >= 0.6 is 11.6 Å². The number of likely N-dealkylation sites (N-methyl/N-ethyl adjacent to an activating group) is 2. The molecule has 2 heterocycles. The number of nitrogens with one attached hydrogen (secondary N) is 1. The lowest BCUT2D eigenvalue weighted by molar-refractivity contribution is 0.415. The van der Waals surface area contributed by atoms with E-state index in [2.05, 4.69) is 20.0 Å². The van der Waals surface area contributed by atoms with Gasteiger partial charge in [-0.3, -0.25) is 14.5 Å². The third-order valence-corrected chi connectivity index (χ3v) is 3.76. The van der Waals surface area contributed by atoms with Crippen LogP contribution in [0.15, 0.2) is 23.3 Å². The first-order valence-electron chi connectivity index (χ1n) is 7.50. The monoisotopic (exact) mass is 338 g/mol. The molecule has 1 unspecified atom stereocenters. The smallest absolute Gasteiger partial charge is 0.252 e. The quantitative estimate of drug-likeness (QED) is 0.826. The van der Waals surface area contributed by atoms with Gasteiger partial charge in [0.25, 0.3) is 5.56 Å². The van der Waals surface area contributed by atoms with Crippen LogP contribution in [0.3, 0.4) is 0 Å². The van der Waals surface area contributed by atoms with Crippen molar-refractivity contribution < 1.29 is 0 Å². The Kier molecular flexibility index (Phi) is 5.79. The van der Waals surface area contributed by atoms with Gasteiger partial charge in [0.15, 0.2) is 0 Å². The summed E-state index contributed by atoms with van der Waals surface area (Å²) in [6, 6.07) is 1.54. The van der Waals surface area contributed by atoms with Crippen LogP contribution in [-0.2, 0) is 6.54 Å². The predicted octanol–water partition coefficient (Wildman–Crippen LogP) is 1.42. The van der Waals surface area contributed by atoms with E-state index >= 15 is 0 Å². The maximum Gasteiger partial charge on any atom is 0.252 e. The summed E-state index contributed by atoms with van der Waals surface area (Å²) in [5, 5.41) is 4.76. The first-order valence-corrected chi connectivity index (χ1v) is 7.88. The molecule has 1 N–H and O–H groups in total. The number of aromatic amines is 1. The number of H-pyrrole nitrogens is 1. The molecule has 0 aromatic carbocycles. The molecule has 2 rings (SSSR count). The summed E-state index contributed by atoms with van der Waals surface area (Å²) in [4.78, 5) is 23.4. The molecule has 8 heteroatoms. The second-order valence-corrected chi connectivity index (χ2v) is 6.44. The largest absolute Gasteiger partial charge is 0.344 e. The van der Waals surface area contributed by atoms with Gasteiger partial charge in [-0.15, -0.1) is 0 Å². The van der Waals surface area contributed by atoms with Crippen molar-refractivity contribution in [1.29, 1.82) is 0 Å². The number of aromatic nitrogens is 4. The number of anilines is 1. The fourth-order valence-corrected chi connectivity index (χ4v) is 2.32. The average Bonchev–Trinajstić information content (AvgIpc) is 2.89. The van der Waals surface area contributed by atoms with E-state index in [1.807, 2.05) is 33.0 Å². The number of nitrogens with zero attached hydrogens (tertiary/aromatic N) is 5. The summed E-state index contributed by atoms with van der Waals surface area (Å²) in [7, 11) is 5.94. The van der Waals surface area contributed by atoms with Crippen LogP contribution in [0.4, 0.5) is 5.95 Å². The molecule has 0 amide bonds. The highest BCUT2D eigenvalue weighted by Crippen LogP contribution is 2.16. The normalized spacial score (nSPS) is 12.6. The van der Waals surface area contributed by atoms with E-state index in [-0.39, 0.29) is 11.5 Å². The molecule has 0 fully saturated rings. The minimum atomic E-state index is -0.146. The van der Waals surface area contributed by atoms with Crippen molar-refractivity contribution in [2.24, 2.45) is 0 Å². The van der Waals surface area contributed by atoms with E-state index in [1.54, 1.807) is 23.1 Å². The molecule has 1 atom stereocenters. The van der Waals surface area contributed by atoms with Crippen LogP contribution in [0.5, 0.6) is 0 Å². The number of rotatable bonds is 7. The van der Waals surface area contributed by atoms with Crippen LogP contribution in [0, 0.1) is 0 Å². The van der Waals surface area contributed by atoms with E-state index in [1.165, 1.54) is 0 Å². The van der Waals surface area contributed by atoms with Gasteiger partial charge in [0.05, 0.1) is 16.9 Å². The van der Waals surface area contributed by atoms with Crippen molar-refractivity contribution in [1.82, 2.24) is 24.6 Å². The minimum absolute atomic E-state index is 0.0502. The zero-order valence-electron chi connectivity index (χ0n) is 14.0. The Labute approximate surface area is 140 Å². The summed E-state index contributed by atoms with van der Waals surface area (Å²) < 4.78 is 1.76. The van der Waals surface area contributed by atoms with Gasteiger partial charge >= 0.3 is 0 Å². The van der Waals surface area contributed by atoms with Crippen molar-refractivity contribution >= 4 is 17.5 Å². The fraction of sp³-hybridized carbons (Fsp3) is 0.533. The molecule has 2 aromatic rings. The predicted molar refractivity (Wildman–Crippen MR) is 92.3 cm³/mol. The van der Waals surface area contributed by atoms with Gasteiger partial charge in [0.1, 0.15) is 0 Å². The van der Waals surface area contributed by atoms with Crippen molar-refractivity contribution in [3.63, 3.8) is 0 Å². The van der Waals surface area contributed by atoms with Gasteiger partial charge in [-0.1, -0.05) is 18.5 Å². The molecule has 23 heavy (non-hydrogen) atoms. The third-order valence-electron chi connectivity index (χ3n) is 3.56. The average molecular weight is 339 g/mol. The lowest BCUT2D eigenvalue weighted by Crippen LogP contribution is -2.31. The SMILES string of the molecule is CC(Cn1cc(Cl)cn1)c1cc(=O)[nH]c(N(C)CCN(C)C)n1. The van der Waals surface area contributed by atoms with Crippen LogP contribution in [0.2, 0.25) is 5.02 Å². The molecule has 0 spiro atoms. The lowest BCUT2D eigenvalue weighted by Gasteiger charge is -2.21. The Hall–Kier alpha value is -1.86. The summed E-state index contributed by atoms with van der Waals surface area (Å²) in [6.45, 7) is 4.29. The summed E-state index contributed by atoms with van der Waals surface area (Å²) in [5.41, 5.74) is 0.596. The molecular weight excluding hydrogens is 316 g/mol. The molecule has 0 bridgehead atoms. The van der Waals surface area contributed by atoms with Crippen LogP contribution < -0.4 is 10.5 Å². The topological polar surface area (TPSA) is 70.1 Å². The molecule has 0 aliphatic rings. The van der Waals surface area contributed by atoms with Gasteiger partial charge < -0.3 is 9.80 Å². The van der Waals surface area contributed by atoms with E-state index in [0.29, 0.717) is 17.5 Å². The van der Waals surface area contributed by atoms with Gasteiger partial charge in [-0.05, 0) is 14.1 Å². The van der Waals surface area contributed by atoms with Crippen molar-refractivity contribution in [3.05, 3.63) is 39.5 Å². The Bertz CT molecular complexity index is 695. The summed E-state index contributed by atoms with van der Waals surface area (Å²) >= 11 is 5.88. The molecule has 0 aliphatic carbocycles. The molecule has 2 aromatic heterocycles. The first-order chi connectivity index (χ1) is 10.8. The zero-order valence-corrected chi connectivity index (χ0v) is 14.7. The lowest BCUT2D eigenvalue weighted by atomic mass is 10.1. The number of halogens is 1. The second-order valence-electron chi connectivity index (χ2n) is 6.00. The summed E-state index contributed by atoms with van der Waals surface area (Å²) in [6.07, 6.45) is 3.36. The molecule has 126 valence electrons. The molecule has 0 saturated carbocycles. The highest BCUT2D eigenvalue weighted by Gasteiger charge is 2.13. The minimum Gasteiger partial charge on any atom is -0.344 e. The molecule has 0 radical (unpaired) electrons. The standard InChI is InChI=1S/C15H23ClN6O/c1-11(9-22-10-12(16)8-17-22)13-7-14(23)19-15(18-13)21(4)6-5-20(2)3/h7-8,10-11H,5-6,9H2,1-4H3,(H,18,19,23). The van der Waals surface area contributed by atoms with Gasteiger partial charge in [0.2, 0.25) is 5.95 Å². The molecule has 0 aliphatic heterocycles. The zero-order chi connectivity index (χ0) is 17.0. The van der Waals surface area contributed by atoms with Gasteiger partial charge in [-0.2, -0.15) is 5.10 Å². The Morgan fingerprint density at radius 1 is 1.35 bits per heavy atom. The van der Waals surface area contributed by atoms with E-state index in [0.717, 1.165) is 18.8 Å². The Morgan fingerprint density at radius 3 is 2.70 bits per heavy atom. The highest BCUT2D eigenvalue weighted by atomic mass is 35.5. The maximum absolute atomic E-state index is 11.9. The first kappa shape index (κ1) is 17.5. The Balaban J connectivity index is 2.14. The third kappa shape index (κ3) is 5.07.